The van der Waals surface area contributed by atoms with E-state index in [1.165, 1.54) is 35.6 Å². The molecule has 1 aromatic carbocycles. The zero-order chi connectivity index (χ0) is 20.5. The van der Waals surface area contributed by atoms with Crippen LogP contribution in [0.3, 0.4) is 0 Å². The van der Waals surface area contributed by atoms with Crippen LogP contribution in [0.2, 0.25) is 0 Å². The maximum atomic E-state index is 12.3. The van der Waals surface area contributed by atoms with E-state index in [1.54, 1.807) is 31.5 Å². The van der Waals surface area contributed by atoms with Gasteiger partial charge < -0.3 is 14.3 Å². The number of oxime groups is 1. The second-order valence-electron chi connectivity index (χ2n) is 6.37. The fourth-order valence-corrected chi connectivity index (χ4v) is 3.39. The molecule has 0 saturated carbocycles. The van der Waals surface area contributed by atoms with E-state index in [1.807, 2.05) is 5.38 Å². The summed E-state index contributed by atoms with van der Waals surface area (Å²) in [6.07, 6.45) is -1.15. The normalized spacial score (nSPS) is 18.8. The minimum absolute atomic E-state index is 0.299. The van der Waals surface area contributed by atoms with E-state index in [9.17, 15) is 13.2 Å². The van der Waals surface area contributed by atoms with E-state index in [-0.39, 0.29) is 5.75 Å². The van der Waals surface area contributed by atoms with Crippen LogP contribution in [-0.4, -0.2) is 22.2 Å². The van der Waals surface area contributed by atoms with E-state index in [0.29, 0.717) is 23.6 Å². The Morgan fingerprint density at radius 1 is 1.07 bits per heavy atom. The summed E-state index contributed by atoms with van der Waals surface area (Å²) in [5.74, 6) is 0.532. The maximum absolute atomic E-state index is 12.3. The number of halogens is 3. The van der Waals surface area contributed by atoms with E-state index >= 15 is 0 Å². The second kappa shape index (κ2) is 7.36. The smallest absolute Gasteiger partial charge is 0.438 e. The van der Waals surface area contributed by atoms with Crippen LogP contribution < -0.4 is 9.47 Å². The number of pyridine rings is 1. The molecule has 3 aromatic rings. The van der Waals surface area contributed by atoms with Gasteiger partial charge in [-0.05, 0) is 36.8 Å². The third kappa shape index (κ3) is 4.48. The Hall–Kier alpha value is -3.14. The molecule has 29 heavy (non-hydrogen) atoms. The lowest BCUT2D eigenvalue weighted by molar-refractivity contribution is -0.274. The van der Waals surface area contributed by atoms with Crippen molar-refractivity contribution < 1.29 is 27.5 Å². The van der Waals surface area contributed by atoms with Crippen LogP contribution in [-0.2, 0) is 10.4 Å². The van der Waals surface area contributed by atoms with Gasteiger partial charge in [-0.3, -0.25) is 0 Å². The number of nitrogens with zero attached hydrogens (tertiary/aromatic N) is 3. The highest BCUT2D eigenvalue weighted by atomic mass is 32.1. The van der Waals surface area contributed by atoms with Gasteiger partial charge in [-0.2, -0.15) is 0 Å². The molecule has 10 heteroatoms. The Labute approximate surface area is 167 Å². The van der Waals surface area contributed by atoms with Crippen LogP contribution in [0.4, 0.5) is 13.2 Å². The number of aromatic nitrogens is 2. The number of hydrogen-bond donors (Lipinski definition) is 0. The fraction of sp³-hybridized carbons (Fsp3) is 0.211. The fourth-order valence-electron chi connectivity index (χ4n) is 2.78. The highest BCUT2D eigenvalue weighted by molar-refractivity contribution is 7.13. The number of rotatable bonds is 4. The molecule has 0 saturated heterocycles. The molecule has 3 heterocycles. The summed E-state index contributed by atoms with van der Waals surface area (Å²) >= 11 is 1.49. The topological polar surface area (TPSA) is 65.8 Å². The lowest BCUT2D eigenvalue weighted by atomic mass is 9.93. The van der Waals surface area contributed by atoms with Crippen molar-refractivity contribution in [1.82, 2.24) is 9.97 Å². The third-order valence-electron chi connectivity index (χ3n) is 4.16. The van der Waals surface area contributed by atoms with E-state index < -0.39 is 12.0 Å². The number of hydrogen-bond acceptors (Lipinski definition) is 7. The van der Waals surface area contributed by atoms with Gasteiger partial charge in [0.2, 0.25) is 5.90 Å². The predicted octanol–water partition coefficient (Wildman–Crippen LogP) is 5.13. The molecule has 150 valence electrons. The Bertz CT molecular complexity index is 1010. The Morgan fingerprint density at radius 2 is 1.83 bits per heavy atom. The molecule has 6 nitrogen and oxygen atoms in total. The first-order valence-electron chi connectivity index (χ1n) is 8.46. The Morgan fingerprint density at radius 3 is 2.45 bits per heavy atom. The van der Waals surface area contributed by atoms with Gasteiger partial charge in [0.25, 0.3) is 0 Å². The molecule has 0 bridgehead atoms. The number of alkyl halides is 3. The molecule has 1 aliphatic rings. The third-order valence-corrected chi connectivity index (χ3v) is 4.96. The van der Waals surface area contributed by atoms with Crippen LogP contribution in [0.15, 0.2) is 59.3 Å². The van der Waals surface area contributed by atoms with Crippen LogP contribution in [0, 0.1) is 0 Å². The molecule has 0 amide bonds. The van der Waals surface area contributed by atoms with Gasteiger partial charge in [-0.25, -0.2) is 9.97 Å². The maximum Gasteiger partial charge on any atom is 0.573 e. The summed E-state index contributed by atoms with van der Waals surface area (Å²) in [4.78, 5) is 14.0. The van der Waals surface area contributed by atoms with Crippen molar-refractivity contribution in [3.05, 3.63) is 59.7 Å². The van der Waals surface area contributed by atoms with Crippen molar-refractivity contribution in [3.63, 3.8) is 0 Å². The van der Waals surface area contributed by atoms with Gasteiger partial charge in [0.05, 0.1) is 18.3 Å². The highest BCUT2D eigenvalue weighted by Crippen LogP contribution is 2.36. The standard InChI is InChI=1S/C19H14F3N3O3S/c1-18(12-2-4-13(5-3-12)27-19(20,21)22)10-16(25-28-18)26-14-6-7-15(24-11-14)17-23-8-9-29-17/h2-9,11H,10H2,1H3/t18-/m0/s1. The van der Waals surface area contributed by atoms with E-state index in [4.69, 9.17) is 9.57 Å². The van der Waals surface area contributed by atoms with Crippen molar-refractivity contribution in [3.8, 4) is 22.2 Å². The van der Waals surface area contributed by atoms with E-state index in [0.717, 1.165) is 10.7 Å². The summed E-state index contributed by atoms with van der Waals surface area (Å²) < 4.78 is 46.5. The van der Waals surface area contributed by atoms with E-state index in [2.05, 4.69) is 19.9 Å². The summed E-state index contributed by atoms with van der Waals surface area (Å²) in [6.45, 7) is 1.77. The molecular formula is C19H14F3N3O3S. The van der Waals surface area contributed by atoms with Crippen molar-refractivity contribution in [2.24, 2.45) is 5.16 Å². The van der Waals surface area contributed by atoms with Crippen LogP contribution in [0.1, 0.15) is 18.9 Å². The Balaban J connectivity index is 1.40. The van der Waals surface area contributed by atoms with Crippen LogP contribution in [0.25, 0.3) is 10.7 Å². The minimum atomic E-state index is -4.73. The zero-order valence-corrected chi connectivity index (χ0v) is 15.8. The van der Waals surface area contributed by atoms with Crippen molar-refractivity contribution in [2.45, 2.75) is 25.3 Å². The average Bonchev–Trinajstić information content (AvgIpc) is 3.33. The van der Waals surface area contributed by atoms with Crippen molar-refractivity contribution in [1.29, 1.82) is 0 Å². The highest BCUT2D eigenvalue weighted by Gasteiger charge is 2.38. The zero-order valence-electron chi connectivity index (χ0n) is 15.0. The second-order valence-corrected chi connectivity index (χ2v) is 7.27. The average molecular weight is 421 g/mol. The number of ether oxygens (including phenoxy) is 2. The monoisotopic (exact) mass is 421 g/mol. The lowest BCUT2D eigenvalue weighted by Gasteiger charge is -2.21. The summed E-state index contributed by atoms with van der Waals surface area (Å²) in [5.41, 5.74) is 0.523. The first-order chi connectivity index (χ1) is 13.8. The molecule has 0 spiro atoms. The van der Waals surface area contributed by atoms with Crippen molar-refractivity contribution >= 4 is 17.2 Å². The van der Waals surface area contributed by atoms with Crippen LogP contribution in [0.5, 0.6) is 11.5 Å². The number of thiazole rings is 1. The summed E-state index contributed by atoms with van der Waals surface area (Å²) in [7, 11) is 0. The van der Waals surface area contributed by atoms with Crippen LogP contribution >= 0.6 is 11.3 Å². The molecular weight excluding hydrogens is 407 g/mol. The first kappa shape index (κ1) is 19.2. The van der Waals surface area contributed by atoms with Gasteiger partial charge in [-0.1, -0.05) is 17.3 Å². The summed E-state index contributed by atoms with van der Waals surface area (Å²) in [6, 6.07) is 9.02. The predicted molar refractivity (Wildman–Crippen MR) is 99.6 cm³/mol. The minimum Gasteiger partial charge on any atom is -0.438 e. The molecule has 1 aliphatic heterocycles. The molecule has 0 radical (unpaired) electrons. The molecule has 0 unspecified atom stereocenters. The molecule has 0 N–H and O–H groups in total. The quantitative estimate of drug-likeness (QED) is 0.584. The molecule has 4 rings (SSSR count). The van der Waals surface area contributed by atoms with Gasteiger partial charge in [0.1, 0.15) is 16.5 Å². The first-order valence-corrected chi connectivity index (χ1v) is 9.34. The van der Waals surface area contributed by atoms with Gasteiger partial charge in [0, 0.05) is 11.6 Å². The van der Waals surface area contributed by atoms with Gasteiger partial charge >= 0.3 is 6.36 Å². The van der Waals surface area contributed by atoms with Gasteiger partial charge in [0.15, 0.2) is 5.60 Å². The number of benzene rings is 1. The SMILES string of the molecule is C[C@@]1(c2ccc(OC(F)(F)F)cc2)CC(Oc2ccc(-c3nccs3)nc2)=NO1. The Kier molecular flexibility index (Phi) is 4.87. The van der Waals surface area contributed by atoms with Gasteiger partial charge in [-0.15, -0.1) is 24.5 Å². The lowest BCUT2D eigenvalue weighted by Crippen LogP contribution is -2.23. The largest absolute Gasteiger partial charge is 0.573 e. The molecule has 0 aliphatic carbocycles. The van der Waals surface area contributed by atoms with Crippen molar-refractivity contribution in [2.75, 3.05) is 0 Å². The summed E-state index contributed by atoms with van der Waals surface area (Å²) in [5, 5.41) is 6.64. The molecule has 0 fully saturated rings. The molecule has 1 atom stereocenters. The molecule has 2 aromatic heterocycles.